The van der Waals surface area contributed by atoms with Gasteiger partial charge in [-0.05, 0) is 44.4 Å². The number of nitrogens with one attached hydrogen (secondary N) is 1. The summed E-state index contributed by atoms with van der Waals surface area (Å²) in [5, 5.41) is 3.06. The van der Waals surface area contributed by atoms with Crippen LogP contribution < -0.4 is 10.1 Å². The average molecular weight is 337 g/mol. The van der Waals surface area contributed by atoms with E-state index in [1.54, 1.807) is 0 Å². The fourth-order valence-corrected chi connectivity index (χ4v) is 3.90. The van der Waals surface area contributed by atoms with Crippen molar-refractivity contribution in [2.45, 2.75) is 38.3 Å². The lowest BCUT2D eigenvalue weighted by atomic mass is 9.57. The topological polar surface area (TPSA) is 56.8 Å². The number of methoxy groups -OCH3 is 1. The number of hydrogen-bond donors (Lipinski definition) is 1. The summed E-state index contributed by atoms with van der Waals surface area (Å²) in [5.74, 6) is -0.393. The molecule has 1 aliphatic carbocycles. The van der Waals surface area contributed by atoms with Crippen LogP contribution in [0.1, 0.15) is 36.5 Å². The molecule has 1 heterocycles. The normalized spacial score (nSPS) is 25.1. The number of carbonyl (C=O) groups excluding carboxylic acids is 1. The largest absolute Gasteiger partial charge is 0.496 e. The molecule has 0 bridgehead atoms. The molecule has 2 atom stereocenters. The summed E-state index contributed by atoms with van der Waals surface area (Å²) in [6, 6.07) is 3.98. The van der Waals surface area contributed by atoms with E-state index >= 15 is 0 Å². The van der Waals surface area contributed by atoms with Gasteiger partial charge in [-0.25, -0.2) is 4.39 Å². The number of hydrogen-bond acceptors (Lipinski definition) is 4. The molecule has 1 N–H and O–H groups in total. The van der Waals surface area contributed by atoms with Crippen LogP contribution in [0.2, 0.25) is 0 Å². The molecule has 2 aliphatic rings. The zero-order valence-corrected chi connectivity index (χ0v) is 14.1. The first-order chi connectivity index (χ1) is 11.6. The minimum atomic E-state index is -0.456. The maximum absolute atomic E-state index is 13.5. The zero-order valence-electron chi connectivity index (χ0n) is 14.1. The summed E-state index contributed by atoms with van der Waals surface area (Å²) >= 11 is 0. The van der Waals surface area contributed by atoms with Crippen molar-refractivity contribution in [3.05, 3.63) is 29.6 Å². The Labute approximate surface area is 141 Å². The predicted octanol–water partition coefficient (Wildman–Crippen LogP) is 2.54. The lowest BCUT2D eigenvalue weighted by Gasteiger charge is -2.57. The van der Waals surface area contributed by atoms with E-state index in [-0.39, 0.29) is 29.0 Å². The smallest absolute Gasteiger partial charge is 0.255 e. The molecule has 1 aromatic rings. The van der Waals surface area contributed by atoms with E-state index in [2.05, 4.69) is 5.32 Å². The highest BCUT2D eigenvalue weighted by molar-refractivity contribution is 5.97. The van der Waals surface area contributed by atoms with Crippen molar-refractivity contribution in [2.24, 2.45) is 5.41 Å². The van der Waals surface area contributed by atoms with Gasteiger partial charge in [-0.1, -0.05) is 0 Å². The van der Waals surface area contributed by atoms with Crippen LogP contribution in [0.3, 0.4) is 0 Å². The number of carbonyl (C=O) groups is 1. The van der Waals surface area contributed by atoms with Gasteiger partial charge in [-0.3, -0.25) is 4.79 Å². The second-order valence-electron chi connectivity index (χ2n) is 6.40. The minimum absolute atomic E-state index is 0.0124. The van der Waals surface area contributed by atoms with Gasteiger partial charge in [-0.2, -0.15) is 0 Å². The molecular formula is C18H24FNO4. The van der Waals surface area contributed by atoms with Crippen molar-refractivity contribution in [1.29, 1.82) is 0 Å². The van der Waals surface area contributed by atoms with Gasteiger partial charge in [0.1, 0.15) is 11.6 Å². The molecule has 6 heteroatoms. The Hall–Kier alpha value is -1.66. The molecule has 2 fully saturated rings. The predicted molar refractivity (Wildman–Crippen MR) is 86.7 cm³/mol. The van der Waals surface area contributed by atoms with Crippen molar-refractivity contribution in [1.82, 2.24) is 5.32 Å². The number of ether oxygens (including phenoxy) is 3. The highest BCUT2D eigenvalue weighted by atomic mass is 19.1. The molecule has 5 nitrogen and oxygen atoms in total. The van der Waals surface area contributed by atoms with Crippen LogP contribution in [-0.2, 0) is 9.47 Å². The van der Waals surface area contributed by atoms with Crippen LogP contribution in [0.25, 0.3) is 0 Å². The number of halogens is 1. The van der Waals surface area contributed by atoms with Crippen molar-refractivity contribution in [3.63, 3.8) is 0 Å². The Morgan fingerprint density at radius 2 is 2.17 bits per heavy atom. The lowest BCUT2D eigenvalue weighted by Crippen LogP contribution is -2.66. The third-order valence-corrected chi connectivity index (χ3v) is 5.29. The molecular weight excluding hydrogens is 313 g/mol. The fraction of sp³-hybridized carbons (Fsp3) is 0.611. The molecule has 1 aliphatic heterocycles. The Bertz CT molecular complexity index is 601. The number of rotatable bonds is 5. The van der Waals surface area contributed by atoms with Gasteiger partial charge in [0.05, 0.1) is 18.8 Å². The van der Waals surface area contributed by atoms with E-state index in [4.69, 9.17) is 14.2 Å². The summed E-state index contributed by atoms with van der Waals surface area (Å²) < 4.78 is 30.0. The van der Waals surface area contributed by atoms with Crippen molar-refractivity contribution >= 4 is 5.91 Å². The first-order valence-corrected chi connectivity index (χ1v) is 8.44. The molecule has 1 aromatic carbocycles. The van der Waals surface area contributed by atoms with Gasteiger partial charge >= 0.3 is 0 Å². The van der Waals surface area contributed by atoms with E-state index in [0.29, 0.717) is 25.6 Å². The zero-order chi connectivity index (χ0) is 17.2. The summed E-state index contributed by atoms with van der Waals surface area (Å²) in [7, 11) is 1.47. The Kier molecular flexibility index (Phi) is 5.06. The maximum Gasteiger partial charge on any atom is 0.255 e. The second kappa shape index (κ2) is 7.07. The molecule has 1 amide bonds. The molecule has 0 radical (unpaired) electrons. The summed E-state index contributed by atoms with van der Waals surface area (Å²) in [5.41, 5.74) is 0.143. The lowest BCUT2D eigenvalue weighted by molar-refractivity contribution is -0.170. The molecule has 1 saturated heterocycles. The highest BCUT2D eigenvalue weighted by Crippen LogP contribution is 2.50. The standard InChI is InChI=1S/C18H24FNO4/c1-3-24-16-11-15(18(16)6-8-23-9-7-18)20-17(21)13-10-12(19)4-5-14(13)22-2/h4-5,10,15-16H,3,6-9,11H2,1-2H3,(H,20,21)/t15-,16-/m1/s1. The summed E-state index contributed by atoms with van der Waals surface area (Å²) in [6.07, 6.45) is 2.65. The van der Waals surface area contributed by atoms with Gasteiger partial charge in [0.25, 0.3) is 5.91 Å². The van der Waals surface area contributed by atoms with Gasteiger partial charge in [0.2, 0.25) is 0 Å². The van der Waals surface area contributed by atoms with Crippen LogP contribution in [0.5, 0.6) is 5.75 Å². The van der Waals surface area contributed by atoms with E-state index in [1.807, 2.05) is 6.92 Å². The molecule has 3 rings (SSSR count). The van der Waals surface area contributed by atoms with E-state index in [1.165, 1.54) is 25.3 Å². The Balaban J connectivity index is 1.75. The SMILES string of the molecule is CCO[C@@H]1C[C@@H](NC(=O)c2cc(F)ccc2OC)C12CCOCC2. The van der Waals surface area contributed by atoms with Crippen LogP contribution in [0.4, 0.5) is 4.39 Å². The van der Waals surface area contributed by atoms with Gasteiger partial charge < -0.3 is 19.5 Å². The van der Waals surface area contributed by atoms with Gasteiger partial charge in [-0.15, -0.1) is 0 Å². The first kappa shape index (κ1) is 17.2. The van der Waals surface area contributed by atoms with Crippen LogP contribution >= 0.6 is 0 Å². The quantitative estimate of drug-likeness (QED) is 0.897. The molecule has 24 heavy (non-hydrogen) atoms. The summed E-state index contributed by atoms with van der Waals surface area (Å²) in [4.78, 5) is 12.6. The van der Waals surface area contributed by atoms with Gasteiger partial charge in [0.15, 0.2) is 0 Å². The Morgan fingerprint density at radius 1 is 1.42 bits per heavy atom. The second-order valence-corrected chi connectivity index (χ2v) is 6.40. The Morgan fingerprint density at radius 3 is 2.83 bits per heavy atom. The third-order valence-electron chi connectivity index (χ3n) is 5.29. The molecule has 0 unspecified atom stereocenters. The molecule has 0 aromatic heterocycles. The fourth-order valence-electron chi connectivity index (χ4n) is 3.90. The number of amides is 1. The van der Waals surface area contributed by atoms with Crippen LogP contribution in [0.15, 0.2) is 18.2 Å². The monoisotopic (exact) mass is 337 g/mol. The van der Waals surface area contributed by atoms with E-state index in [9.17, 15) is 9.18 Å². The van der Waals surface area contributed by atoms with Crippen LogP contribution in [0, 0.1) is 11.2 Å². The maximum atomic E-state index is 13.5. The van der Waals surface area contributed by atoms with Crippen molar-refractivity contribution < 1.29 is 23.4 Å². The molecule has 132 valence electrons. The van der Waals surface area contributed by atoms with E-state index in [0.717, 1.165) is 19.3 Å². The van der Waals surface area contributed by atoms with E-state index < -0.39 is 5.82 Å². The minimum Gasteiger partial charge on any atom is -0.496 e. The highest BCUT2D eigenvalue weighted by Gasteiger charge is 2.56. The van der Waals surface area contributed by atoms with Crippen molar-refractivity contribution in [3.8, 4) is 5.75 Å². The third kappa shape index (κ3) is 3.00. The average Bonchev–Trinajstić information content (AvgIpc) is 2.61. The summed E-state index contributed by atoms with van der Waals surface area (Å²) in [6.45, 7) is 4.00. The van der Waals surface area contributed by atoms with Gasteiger partial charge in [0, 0.05) is 31.3 Å². The first-order valence-electron chi connectivity index (χ1n) is 8.44. The number of benzene rings is 1. The molecule has 1 spiro atoms. The molecule has 1 saturated carbocycles. The van der Waals surface area contributed by atoms with Crippen molar-refractivity contribution in [2.75, 3.05) is 26.9 Å². The van der Waals surface area contributed by atoms with Crippen LogP contribution in [-0.4, -0.2) is 45.0 Å².